The number of carbonyl (C=O) groups excluding carboxylic acids is 1. The second kappa shape index (κ2) is 16.0. The van der Waals surface area contributed by atoms with Crippen LogP contribution in [0.15, 0.2) is 121 Å². The van der Waals surface area contributed by atoms with Crippen molar-refractivity contribution in [2.24, 2.45) is 0 Å². The Hall–Kier alpha value is -4.01. The van der Waals surface area contributed by atoms with Gasteiger partial charge in [-0.3, -0.25) is 4.90 Å². The molecule has 0 saturated carbocycles. The summed E-state index contributed by atoms with van der Waals surface area (Å²) in [4.78, 5) is 15.2. The third kappa shape index (κ3) is 9.24. The molecular weight excluding hydrogens is 542 g/mol. The van der Waals surface area contributed by atoms with Crippen LogP contribution in [0.4, 0.5) is 4.79 Å². The summed E-state index contributed by atoms with van der Waals surface area (Å²) in [6.07, 6.45) is -2.18. The summed E-state index contributed by atoms with van der Waals surface area (Å²) in [5, 5.41) is 11.2. The summed E-state index contributed by atoms with van der Waals surface area (Å²) < 4.78 is 25.0. The zero-order chi connectivity index (χ0) is 29.7. The molecule has 1 fully saturated rings. The van der Waals surface area contributed by atoms with Crippen molar-refractivity contribution < 1.29 is 28.8 Å². The maximum Gasteiger partial charge on any atom is 0.410 e. The number of aliphatic hydroxyl groups is 1. The molecule has 5 rings (SSSR count). The lowest BCUT2D eigenvalue weighted by Gasteiger charge is -2.36. The Morgan fingerprint density at radius 3 is 1.65 bits per heavy atom. The van der Waals surface area contributed by atoms with Crippen molar-refractivity contribution in [3.05, 3.63) is 144 Å². The number of amides is 1. The van der Waals surface area contributed by atoms with E-state index in [0.29, 0.717) is 26.2 Å². The molecular formula is C36H39NO6. The predicted molar refractivity (Wildman–Crippen MR) is 164 cm³/mol. The van der Waals surface area contributed by atoms with Crippen LogP contribution in [0, 0.1) is 0 Å². The average molecular weight is 582 g/mol. The Morgan fingerprint density at radius 1 is 0.651 bits per heavy atom. The van der Waals surface area contributed by atoms with Crippen LogP contribution in [0.3, 0.4) is 0 Å². The highest BCUT2D eigenvalue weighted by Gasteiger charge is 2.43. The van der Waals surface area contributed by atoms with Gasteiger partial charge >= 0.3 is 6.09 Å². The Morgan fingerprint density at radius 2 is 1.12 bits per heavy atom. The molecule has 1 N–H and O–H groups in total. The number of likely N-dealkylation sites (tertiary alicyclic amines) is 1. The Kier molecular flexibility index (Phi) is 11.3. The van der Waals surface area contributed by atoms with Crippen molar-refractivity contribution in [3.63, 3.8) is 0 Å². The second-order valence-electron chi connectivity index (χ2n) is 10.7. The minimum absolute atomic E-state index is 0.0728. The zero-order valence-corrected chi connectivity index (χ0v) is 24.2. The molecule has 4 atom stereocenters. The normalized spacial score (nSPS) is 20.3. The van der Waals surface area contributed by atoms with E-state index in [-0.39, 0.29) is 19.8 Å². The van der Waals surface area contributed by atoms with Crippen molar-refractivity contribution in [2.75, 3.05) is 13.2 Å². The van der Waals surface area contributed by atoms with E-state index in [1.807, 2.05) is 121 Å². The first-order valence-electron chi connectivity index (χ1n) is 14.7. The monoisotopic (exact) mass is 581 g/mol. The van der Waals surface area contributed by atoms with Gasteiger partial charge in [0.2, 0.25) is 0 Å². The van der Waals surface area contributed by atoms with Gasteiger partial charge in [-0.25, -0.2) is 4.79 Å². The van der Waals surface area contributed by atoms with E-state index in [2.05, 4.69) is 0 Å². The molecule has 0 bridgehead atoms. The number of hydrogen-bond acceptors (Lipinski definition) is 6. The lowest BCUT2D eigenvalue weighted by Crippen LogP contribution is -2.53. The highest BCUT2D eigenvalue weighted by molar-refractivity contribution is 5.68. The molecule has 7 nitrogen and oxygen atoms in total. The summed E-state index contributed by atoms with van der Waals surface area (Å²) in [6.45, 7) is 1.39. The number of aliphatic hydroxyl groups excluding tert-OH is 1. The number of carbonyl (C=O) groups is 1. The first-order chi connectivity index (χ1) is 21.2. The Bertz CT molecular complexity index is 1360. The molecule has 7 heteroatoms. The van der Waals surface area contributed by atoms with E-state index >= 15 is 0 Å². The number of nitrogens with zero attached hydrogens (tertiary/aromatic N) is 1. The molecule has 43 heavy (non-hydrogen) atoms. The van der Waals surface area contributed by atoms with Crippen LogP contribution in [0.2, 0.25) is 0 Å². The van der Waals surface area contributed by atoms with Crippen molar-refractivity contribution in [2.45, 2.75) is 57.2 Å². The molecule has 4 aromatic carbocycles. The molecule has 0 aliphatic carbocycles. The van der Waals surface area contributed by atoms with E-state index in [0.717, 1.165) is 22.3 Å². The molecule has 0 aromatic heterocycles. The summed E-state index contributed by atoms with van der Waals surface area (Å²) in [6, 6.07) is 38.6. The van der Waals surface area contributed by atoms with Crippen LogP contribution in [0.5, 0.6) is 0 Å². The summed E-state index contributed by atoms with van der Waals surface area (Å²) in [5.74, 6) is 0. The lowest BCUT2D eigenvalue weighted by molar-refractivity contribution is -0.123. The predicted octanol–water partition coefficient (Wildman–Crippen LogP) is 6.15. The van der Waals surface area contributed by atoms with Gasteiger partial charge in [-0.2, -0.15) is 0 Å². The van der Waals surface area contributed by atoms with Crippen molar-refractivity contribution >= 4 is 6.09 Å². The lowest BCUT2D eigenvalue weighted by atomic mass is 10.0. The number of hydrogen-bond donors (Lipinski definition) is 1. The molecule has 1 saturated heterocycles. The SMILES string of the molecule is O=C(OCc1ccccc1)N1C[C@@H](O)C[C@@H](OCc2ccccc2)[C@H](OCc2ccccc2)[C@@H]1COCc1ccccc1. The molecule has 0 spiro atoms. The second-order valence-corrected chi connectivity index (χ2v) is 10.7. The van der Waals surface area contributed by atoms with Crippen LogP contribution in [0.25, 0.3) is 0 Å². The largest absolute Gasteiger partial charge is 0.445 e. The van der Waals surface area contributed by atoms with E-state index in [9.17, 15) is 9.90 Å². The molecule has 1 aliphatic heterocycles. The molecule has 0 radical (unpaired) electrons. The van der Waals surface area contributed by atoms with Gasteiger partial charge in [0.15, 0.2) is 0 Å². The first-order valence-corrected chi connectivity index (χ1v) is 14.7. The van der Waals surface area contributed by atoms with E-state index in [1.54, 1.807) is 4.90 Å². The maximum absolute atomic E-state index is 13.7. The molecule has 1 heterocycles. The maximum atomic E-state index is 13.7. The van der Waals surface area contributed by atoms with Crippen molar-refractivity contribution in [1.29, 1.82) is 0 Å². The molecule has 224 valence electrons. The first kappa shape index (κ1) is 30.4. The van der Waals surface area contributed by atoms with E-state index in [1.165, 1.54) is 0 Å². The Labute approximate surface area is 253 Å². The van der Waals surface area contributed by atoms with Gasteiger partial charge in [-0.1, -0.05) is 121 Å². The van der Waals surface area contributed by atoms with Gasteiger partial charge in [0.1, 0.15) is 12.7 Å². The fraction of sp³-hybridized carbons (Fsp3) is 0.306. The van der Waals surface area contributed by atoms with Gasteiger partial charge in [-0.05, 0) is 22.3 Å². The zero-order valence-electron chi connectivity index (χ0n) is 24.2. The topological polar surface area (TPSA) is 77.5 Å². The van der Waals surface area contributed by atoms with Crippen LogP contribution >= 0.6 is 0 Å². The fourth-order valence-corrected chi connectivity index (χ4v) is 5.26. The van der Waals surface area contributed by atoms with Gasteiger partial charge < -0.3 is 24.1 Å². The number of ether oxygens (including phenoxy) is 4. The quantitative estimate of drug-likeness (QED) is 0.216. The van der Waals surface area contributed by atoms with Gasteiger partial charge in [0.05, 0.1) is 51.2 Å². The van der Waals surface area contributed by atoms with Gasteiger partial charge in [0.25, 0.3) is 0 Å². The molecule has 4 aromatic rings. The summed E-state index contributed by atoms with van der Waals surface area (Å²) in [7, 11) is 0. The highest BCUT2D eigenvalue weighted by atomic mass is 16.6. The van der Waals surface area contributed by atoms with Gasteiger partial charge in [-0.15, -0.1) is 0 Å². The van der Waals surface area contributed by atoms with E-state index in [4.69, 9.17) is 18.9 Å². The minimum atomic E-state index is -0.841. The summed E-state index contributed by atoms with van der Waals surface area (Å²) in [5.41, 5.74) is 3.91. The van der Waals surface area contributed by atoms with Crippen LogP contribution in [0.1, 0.15) is 28.7 Å². The molecule has 1 aliphatic rings. The number of β-amino-alcohol motifs (C(OH)–C–C–N with tert-alkyl or cyclic N) is 1. The summed E-state index contributed by atoms with van der Waals surface area (Å²) >= 11 is 0. The molecule has 0 unspecified atom stereocenters. The van der Waals surface area contributed by atoms with Crippen LogP contribution in [-0.2, 0) is 45.4 Å². The standard InChI is InChI=1S/C36H39NO6/c38-32-21-34(41-24-29-15-7-2-8-16-29)35(42-25-30-17-9-3-10-18-30)33(27-40-23-28-13-5-1-6-14-28)37(22-32)36(39)43-26-31-19-11-4-12-20-31/h1-20,32-35,38H,21-27H2/t32-,33-,34+,35+/m0/s1. The van der Waals surface area contributed by atoms with Crippen LogP contribution < -0.4 is 0 Å². The van der Waals surface area contributed by atoms with Crippen LogP contribution in [-0.4, -0.2) is 53.6 Å². The molecule has 1 amide bonds. The van der Waals surface area contributed by atoms with E-state index < -0.39 is 30.4 Å². The highest BCUT2D eigenvalue weighted by Crippen LogP contribution is 2.27. The Balaban J connectivity index is 1.40. The fourth-order valence-electron chi connectivity index (χ4n) is 5.26. The number of benzene rings is 4. The third-order valence-electron chi connectivity index (χ3n) is 7.49. The third-order valence-corrected chi connectivity index (χ3v) is 7.49. The minimum Gasteiger partial charge on any atom is -0.445 e. The smallest absolute Gasteiger partial charge is 0.410 e. The van der Waals surface area contributed by atoms with Crippen molar-refractivity contribution in [3.8, 4) is 0 Å². The van der Waals surface area contributed by atoms with Crippen molar-refractivity contribution in [1.82, 2.24) is 4.90 Å². The number of rotatable bonds is 12. The average Bonchev–Trinajstić information content (AvgIpc) is 3.19. The van der Waals surface area contributed by atoms with Gasteiger partial charge in [0, 0.05) is 6.42 Å².